The van der Waals surface area contributed by atoms with Gasteiger partial charge in [0.15, 0.2) is 5.38 Å². The zero-order valence-corrected chi connectivity index (χ0v) is 15.8. The molecule has 0 bridgehead atoms. The van der Waals surface area contributed by atoms with E-state index in [1.165, 1.54) is 7.11 Å². The van der Waals surface area contributed by atoms with Crippen LogP contribution in [0.25, 0.3) is 0 Å². The summed E-state index contributed by atoms with van der Waals surface area (Å²) in [4.78, 5) is 25.3. The van der Waals surface area contributed by atoms with E-state index in [2.05, 4.69) is 0 Å². The average Bonchev–Trinajstić information content (AvgIpc) is 2.62. The summed E-state index contributed by atoms with van der Waals surface area (Å²) in [6.45, 7) is 1.88. The number of alkyl halides is 1. The van der Waals surface area contributed by atoms with Crippen LogP contribution in [0, 0.1) is 0 Å². The van der Waals surface area contributed by atoms with Crippen molar-refractivity contribution in [1.29, 1.82) is 0 Å². The van der Waals surface area contributed by atoms with Crippen LogP contribution in [0.15, 0.2) is 24.3 Å². The molecule has 0 N–H and O–H groups in total. The van der Waals surface area contributed by atoms with Crippen LogP contribution in [-0.2, 0) is 23.8 Å². The number of benzene rings is 1. The van der Waals surface area contributed by atoms with E-state index < -0.39 is 29.0 Å². The van der Waals surface area contributed by atoms with Gasteiger partial charge in [-0.05, 0) is 31.4 Å². The molecular weight excluding hydrogens is 367 g/mol. The Kier molecular flexibility index (Phi) is 7.11. The first kappa shape index (κ1) is 20.0. The molecular formula is C18H22Cl2O5. The van der Waals surface area contributed by atoms with Crippen LogP contribution < -0.4 is 0 Å². The molecule has 1 aliphatic rings. The van der Waals surface area contributed by atoms with Crippen LogP contribution in [-0.4, -0.2) is 37.4 Å². The second-order valence-electron chi connectivity index (χ2n) is 5.89. The highest BCUT2D eigenvalue weighted by atomic mass is 35.5. The Labute approximate surface area is 157 Å². The molecule has 0 heterocycles. The lowest BCUT2D eigenvalue weighted by atomic mass is 9.81. The van der Waals surface area contributed by atoms with Crippen LogP contribution in [0.5, 0.6) is 0 Å². The van der Waals surface area contributed by atoms with Crippen molar-refractivity contribution in [2.45, 2.75) is 49.7 Å². The zero-order valence-electron chi connectivity index (χ0n) is 14.3. The van der Waals surface area contributed by atoms with Gasteiger partial charge in [-0.1, -0.05) is 36.2 Å². The molecule has 0 aliphatic heterocycles. The third kappa shape index (κ3) is 4.27. The molecule has 2 rings (SSSR count). The van der Waals surface area contributed by atoms with E-state index in [0.29, 0.717) is 23.4 Å². The summed E-state index contributed by atoms with van der Waals surface area (Å²) < 4.78 is 16.2. The Balaban J connectivity index is 2.28. The standard InChI is InChI=1S/C18H22Cl2O5/c1-3-24-17(22)18(11-7-6-10-14(18)23-2)25-16(21)15(20)12-8-4-5-9-13(12)19/h4-5,8-9,14-15H,3,6-7,10-11H2,1-2H3. The maximum Gasteiger partial charge on any atom is 0.353 e. The number of esters is 2. The Morgan fingerprint density at radius 3 is 2.68 bits per heavy atom. The van der Waals surface area contributed by atoms with Crippen LogP contribution >= 0.6 is 23.2 Å². The van der Waals surface area contributed by atoms with Crippen molar-refractivity contribution in [3.05, 3.63) is 34.9 Å². The fourth-order valence-electron chi connectivity index (χ4n) is 3.10. The normalized spacial score (nSPS) is 24.4. The number of hydrogen-bond acceptors (Lipinski definition) is 5. The van der Waals surface area contributed by atoms with Crippen molar-refractivity contribution in [3.63, 3.8) is 0 Å². The monoisotopic (exact) mass is 388 g/mol. The highest BCUT2D eigenvalue weighted by Gasteiger charge is 2.53. The number of rotatable bonds is 6. The van der Waals surface area contributed by atoms with Gasteiger partial charge in [0, 0.05) is 18.6 Å². The van der Waals surface area contributed by atoms with Gasteiger partial charge < -0.3 is 14.2 Å². The van der Waals surface area contributed by atoms with E-state index in [1.54, 1.807) is 31.2 Å². The number of carbonyl (C=O) groups excluding carboxylic acids is 2. The number of hydrogen-bond donors (Lipinski definition) is 0. The summed E-state index contributed by atoms with van der Waals surface area (Å²) in [6, 6.07) is 6.75. The molecule has 25 heavy (non-hydrogen) atoms. The Hall–Kier alpha value is -1.30. The lowest BCUT2D eigenvalue weighted by molar-refractivity contribution is -0.205. The SMILES string of the molecule is CCOC(=O)C1(OC(=O)C(Cl)c2ccccc2Cl)CCCCC1OC. The van der Waals surface area contributed by atoms with E-state index in [0.717, 1.165) is 12.8 Å². The molecule has 1 fully saturated rings. The molecule has 3 unspecified atom stereocenters. The maximum absolute atomic E-state index is 12.7. The summed E-state index contributed by atoms with van der Waals surface area (Å²) in [6.07, 6.45) is 1.97. The lowest BCUT2D eigenvalue weighted by Gasteiger charge is -2.40. The maximum atomic E-state index is 12.7. The van der Waals surface area contributed by atoms with E-state index in [4.69, 9.17) is 37.4 Å². The van der Waals surface area contributed by atoms with Gasteiger partial charge in [0.2, 0.25) is 5.60 Å². The summed E-state index contributed by atoms with van der Waals surface area (Å²) in [5.74, 6) is -1.34. The van der Waals surface area contributed by atoms with Crippen molar-refractivity contribution in [2.24, 2.45) is 0 Å². The largest absolute Gasteiger partial charge is 0.463 e. The van der Waals surface area contributed by atoms with Crippen molar-refractivity contribution in [3.8, 4) is 0 Å². The fraction of sp³-hybridized carbons (Fsp3) is 0.556. The van der Waals surface area contributed by atoms with Crippen LogP contribution in [0.4, 0.5) is 0 Å². The quantitative estimate of drug-likeness (QED) is 0.543. The predicted molar refractivity (Wildman–Crippen MR) is 94.8 cm³/mol. The smallest absolute Gasteiger partial charge is 0.353 e. The molecule has 5 nitrogen and oxygen atoms in total. The second-order valence-corrected chi connectivity index (χ2v) is 6.73. The molecule has 7 heteroatoms. The molecule has 1 aromatic rings. The van der Waals surface area contributed by atoms with Crippen molar-refractivity contribution in [2.75, 3.05) is 13.7 Å². The fourth-order valence-corrected chi connectivity index (χ4v) is 3.64. The topological polar surface area (TPSA) is 61.8 Å². The number of ether oxygens (including phenoxy) is 3. The molecule has 1 aromatic carbocycles. The summed E-state index contributed by atoms with van der Waals surface area (Å²) in [5, 5.41) is -0.768. The second kappa shape index (κ2) is 8.88. The van der Waals surface area contributed by atoms with Gasteiger partial charge in [0.1, 0.15) is 6.10 Å². The van der Waals surface area contributed by atoms with Gasteiger partial charge >= 0.3 is 11.9 Å². The highest BCUT2D eigenvalue weighted by Crippen LogP contribution is 2.38. The minimum atomic E-state index is -1.48. The average molecular weight is 389 g/mol. The summed E-state index contributed by atoms with van der Waals surface area (Å²) in [7, 11) is 1.49. The number of methoxy groups -OCH3 is 1. The van der Waals surface area contributed by atoms with Crippen molar-refractivity contribution in [1.82, 2.24) is 0 Å². The molecule has 1 saturated carbocycles. The Morgan fingerprint density at radius 2 is 2.04 bits per heavy atom. The molecule has 1 aliphatic carbocycles. The van der Waals surface area contributed by atoms with Gasteiger partial charge in [0.05, 0.1) is 6.61 Å². The molecule has 0 radical (unpaired) electrons. The number of carbonyl (C=O) groups is 2. The predicted octanol–water partition coefficient (Wildman–Crippen LogP) is 4.05. The molecule has 3 atom stereocenters. The highest BCUT2D eigenvalue weighted by molar-refractivity contribution is 6.35. The van der Waals surface area contributed by atoms with Gasteiger partial charge in [0.25, 0.3) is 0 Å². The minimum Gasteiger partial charge on any atom is -0.463 e. The summed E-state index contributed by atoms with van der Waals surface area (Å²) >= 11 is 12.4. The van der Waals surface area contributed by atoms with Crippen LogP contribution in [0.3, 0.4) is 0 Å². The van der Waals surface area contributed by atoms with Gasteiger partial charge in [-0.3, -0.25) is 4.79 Å². The van der Waals surface area contributed by atoms with Crippen molar-refractivity contribution >= 4 is 35.1 Å². The van der Waals surface area contributed by atoms with E-state index in [9.17, 15) is 9.59 Å². The third-order valence-corrected chi connectivity index (χ3v) is 5.12. The first-order valence-corrected chi connectivity index (χ1v) is 9.09. The van der Waals surface area contributed by atoms with Gasteiger partial charge in [-0.25, -0.2) is 4.79 Å². The molecule has 0 spiro atoms. The Morgan fingerprint density at radius 1 is 1.32 bits per heavy atom. The van der Waals surface area contributed by atoms with Gasteiger partial charge in [-0.15, -0.1) is 11.6 Å². The molecule has 0 amide bonds. The first-order valence-electron chi connectivity index (χ1n) is 8.27. The van der Waals surface area contributed by atoms with Crippen LogP contribution in [0.2, 0.25) is 5.02 Å². The summed E-state index contributed by atoms with van der Waals surface area (Å²) in [5.41, 5.74) is -1.05. The number of halogens is 2. The van der Waals surface area contributed by atoms with Gasteiger partial charge in [-0.2, -0.15) is 0 Å². The lowest BCUT2D eigenvalue weighted by Crippen LogP contribution is -2.56. The van der Waals surface area contributed by atoms with E-state index in [1.807, 2.05) is 0 Å². The van der Waals surface area contributed by atoms with E-state index in [-0.39, 0.29) is 6.61 Å². The molecule has 0 aromatic heterocycles. The molecule has 138 valence electrons. The minimum absolute atomic E-state index is 0.184. The van der Waals surface area contributed by atoms with E-state index >= 15 is 0 Å². The third-order valence-electron chi connectivity index (χ3n) is 4.36. The van der Waals surface area contributed by atoms with Crippen molar-refractivity contribution < 1.29 is 23.8 Å². The first-order chi connectivity index (χ1) is 12.0. The zero-order chi connectivity index (χ0) is 18.4. The molecule has 0 saturated heterocycles. The van der Waals surface area contributed by atoms with Crippen LogP contribution in [0.1, 0.15) is 43.5 Å². The Bertz CT molecular complexity index is 621.